The number of nitrogens with two attached hydrogens (primary N) is 1. The first-order valence-corrected chi connectivity index (χ1v) is 8.23. The van der Waals surface area contributed by atoms with Crippen LogP contribution in [0.15, 0.2) is 47.4 Å². The van der Waals surface area contributed by atoms with Crippen molar-refractivity contribution < 1.29 is 8.42 Å². The van der Waals surface area contributed by atoms with E-state index in [0.717, 1.165) is 11.1 Å². The third-order valence-electron chi connectivity index (χ3n) is 3.47. The van der Waals surface area contributed by atoms with Crippen molar-refractivity contribution in [2.75, 3.05) is 5.73 Å². The van der Waals surface area contributed by atoms with Crippen LogP contribution >= 0.6 is 0 Å². The summed E-state index contributed by atoms with van der Waals surface area (Å²) in [6.07, 6.45) is 0. The Balaban J connectivity index is 2.35. The Morgan fingerprint density at radius 2 is 1.71 bits per heavy atom. The van der Waals surface area contributed by atoms with E-state index in [-0.39, 0.29) is 10.9 Å². The van der Waals surface area contributed by atoms with Crippen LogP contribution in [0.1, 0.15) is 29.7 Å². The van der Waals surface area contributed by atoms with E-state index in [0.29, 0.717) is 11.3 Å². The molecule has 0 heterocycles. The smallest absolute Gasteiger partial charge is 0.241 e. The zero-order valence-electron chi connectivity index (χ0n) is 12.4. The Kier molecular flexibility index (Phi) is 4.34. The highest BCUT2D eigenvalue weighted by atomic mass is 32.2. The first kappa shape index (κ1) is 15.5. The molecule has 3 N–H and O–H groups in total. The molecule has 0 amide bonds. The average Bonchev–Trinajstić information content (AvgIpc) is 2.43. The summed E-state index contributed by atoms with van der Waals surface area (Å²) in [5.41, 5.74) is 8.67. The van der Waals surface area contributed by atoms with Gasteiger partial charge in [-0.1, -0.05) is 30.3 Å². The molecule has 0 bridgehead atoms. The minimum absolute atomic E-state index is 0.239. The molecule has 0 aliphatic carbocycles. The molecule has 1 atom stereocenters. The van der Waals surface area contributed by atoms with Crippen LogP contribution < -0.4 is 10.5 Å². The van der Waals surface area contributed by atoms with E-state index in [2.05, 4.69) is 4.72 Å². The van der Waals surface area contributed by atoms with Crippen molar-refractivity contribution in [3.63, 3.8) is 0 Å². The molecule has 2 rings (SSSR count). The van der Waals surface area contributed by atoms with Crippen molar-refractivity contribution in [1.82, 2.24) is 4.72 Å². The second-order valence-electron chi connectivity index (χ2n) is 5.23. The zero-order chi connectivity index (χ0) is 15.6. The van der Waals surface area contributed by atoms with Gasteiger partial charge in [-0.05, 0) is 49.6 Å². The second kappa shape index (κ2) is 5.87. The second-order valence-corrected chi connectivity index (χ2v) is 6.91. The lowest BCUT2D eigenvalue weighted by molar-refractivity contribution is 0.566. The third kappa shape index (κ3) is 3.43. The highest BCUT2D eigenvalue weighted by molar-refractivity contribution is 7.89. The predicted molar refractivity (Wildman–Crippen MR) is 85.5 cm³/mol. The number of aryl methyl sites for hydroxylation is 1. The minimum atomic E-state index is -3.61. The molecule has 2 aromatic carbocycles. The third-order valence-corrected chi connectivity index (χ3v) is 5.13. The minimum Gasteiger partial charge on any atom is -0.398 e. The Bertz CT molecular complexity index is 740. The lowest BCUT2D eigenvalue weighted by Crippen LogP contribution is -2.27. The van der Waals surface area contributed by atoms with Gasteiger partial charge in [-0.2, -0.15) is 0 Å². The molecule has 21 heavy (non-hydrogen) atoms. The fourth-order valence-electron chi connectivity index (χ4n) is 2.24. The fourth-order valence-corrected chi connectivity index (χ4v) is 3.83. The average molecular weight is 304 g/mol. The standard InChI is InChI=1S/C16H20N2O2S/c1-11-9-15(17)12(2)16(10-11)21(19,20)18-13(3)14-7-5-4-6-8-14/h4-10,13,18H,17H2,1-3H3/t13-/m1/s1. The molecule has 0 unspecified atom stereocenters. The van der Waals surface area contributed by atoms with Gasteiger partial charge in [0.2, 0.25) is 10.0 Å². The quantitative estimate of drug-likeness (QED) is 0.853. The summed E-state index contributed by atoms with van der Waals surface area (Å²) >= 11 is 0. The van der Waals surface area contributed by atoms with Crippen molar-refractivity contribution in [1.29, 1.82) is 0 Å². The monoisotopic (exact) mass is 304 g/mol. The van der Waals surface area contributed by atoms with Gasteiger partial charge in [0.05, 0.1) is 4.90 Å². The van der Waals surface area contributed by atoms with Crippen molar-refractivity contribution in [3.8, 4) is 0 Å². The van der Waals surface area contributed by atoms with Gasteiger partial charge in [0.1, 0.15) is 0 Å². The summed E-state index contributed by atoms with van der Waals surface area (Å²) < 4.78 is 27.8. The normalized spacial score (nSPS) is 13.1. The summed E-state index contributed by atoms with van der Waals surface area (Å²) in [5.74, 6) is 0. The van der Waals surface area contributed by atoms with E-state index < -0.39 is 10.0 Å². The van der Waals surface area contributed by atoms with Crippen LogP contribution in [0.5, 0.6) is 0 Å². The maximum Gasteiger partial charge on any atom is 0.241 e. The van der Waals surface area contributed by atoms with E-state index in [1.807, 2.05) is 44.2 Å². The number of nitrogens with one attached hydrogen (secondary N) is 1. The van der Waals surface area contributed by atoms with Crippen LogP contribution in [0.25, 0.3) is 0 Å². The molecule has 4 nitrogen and oxygen atoms in total. The van der Waals surface area contributed by atoms with E-state index in [1.165, 1.54) is 0 Å². The number of rotatable bonds is 4. The Morgan fingerprint density at radius 3 is 2.33 bits per heavy atom. The molecular formula is C16H20N2O2S. The summed E-state index contributed by atoms with van der Waals surface area (Å²) in [5, 5.41) is 0. The van der Waals surface area contributed by atoms with E-state index in [1.54, 1.807) is 19.1 Å². The van der Waals surface area contributed by atoms with E-state index >= 15 is 0 Å². The predicted octanol–water partition coefficient (Wildman–Crippen LogP) is 2.93. The molecule has 0 aliphatic heterocycles. The fraction of sp³-hybridized carbons (Fsp3) is 0.250. The van der Waals surface area contributed by atoms with Gasteiger partial charge in [0, 0.05) is 11.7 Å². The number of benzene rings is 2. The van der Waals surface area contributed by atoms with Crippen LogP contribution in [0.4, 0.5) is 5.69 Å². The maximum atomic E-state index is 12.6. The number of hydrogen-bond acceptors (Lipinski definition) is 3. The highest BCUT2D eigenvalue weighted by Crippen LogP contribution is 2.24. The van der Waals surface area contributed by atoms with Crippen LogP contribution in [0, 0.1) is 13.8 Å². The molecule has 0 spiro atoms. The molecule has 5 heteroatoms. The number of hydrogen-bond donors (Lipinski definition) is 2. The molecule has 0 saturated carbocycles. The largest absolute Gasteiger partial charge is 0.398 e. The van der Waals surface area contributed by atoms with Gasteiger partial charge in [-0.25, -0.2) is 13.1 Å². The first-order chi connectivity index (χ1) is 9.81. The van der Waals surface area contributed by atoms with Crippen molar-refractivity contribution in [2.45, 2.75) is 31.7 Å². The maximum absolute atomic E-state index is 12.6. The molecule has 0 saturated heterocycles. The lowest BCUT2D eigenvalue weighted by atomic mass is 10.1. The molecule has 0 aliphatic rings. The van der Waals surface area contributed by atoms with E-state index in [4.69, 9.17) is 5.73 Å². The molecular weight excluding hydrogens is 284 g/mol. The first-order valence-electron chi connectivity index (χ1n) is 6.75. The van der Waals surface area contributed by atoms with Crippen molar-refractivity contribution in [3.05, 3.63) is 59.2 Å². The van der Waals surface area contributed by atoms with Gasteiger partial charge in [-0.3, -0.25) is 0 Å². The van der Waals surface area contributed by atoms with Crippen LogP contribution in [-0.4, -0.2) is 8.42 Å². The van der Waals surface area contributed by atoms with Crippen LogP contribution in [-0.2, 0) is 10.0 Å². The van der Waals surface area contributed by atoms with Gasteiger partial charge < -0.3 is 5.73 Å². The Morgan fingerprint density at radius 1 is 1.10 bits per heavy atom. The number of anilines is 1. The summed E-state index contributed by atoms with van der Waals surface area (Å²) in [4.78, 5) is 0.239. The summed E-state index contributed by atoms with van der Waals surface area (Å²) in [6.45, 7) is 5.37. The Labute approximate surface area is 126 Å². The highest BCUT2D eigenvalue weighted by Gasteiger charge is 2.21. The van der Waals surface area contributed by atoms with Crippen molar-refractivity contribution >= 4 is 15.7 Å². The van der Waals surface area contributed by atoms with Gasteiger partial charge in [-0.15, -0.1) is 0 Å². The van der Waals surface area contributed by atoms with Crippen molar-refractivity contribution in [2.24, 2.45) is 0 Å². The van der Waals surface area contributed by atoms with E-state index in [9.17, 15) is 8.42 Å². The molecule has 0 fully saturated rings. The Hall–Kier alpha value is -1.85. The van der Waals surface area contributed by atoms with Gasteiger partial charge in [0.15, 0.2) is 0 Å². The van der Waals surface area contributed by atoms with Crippen LogP contribution in [0.3, 0.4) is 0 Å². The van der Waals surface area contributed by atoms with Gasteiger partial charge >= 0.3 is 0 Å². The zero-order valence-corrected chi connectivity index (χ0v) is 13.2. The summed E-state index contributed by atoms with van der Waals surface area (Å²) in [7, 11) is -3.61. The molecule has 0 radical (unpaired) electrons. The number of nitrogen functional groups attached to an aromatic ring is 1. The number of sulfonamides is 1. The lowest BCUT2D eigenvalue weighted by Gasteiger charge is -2.17. The SMILES string of the molecule is Cc1cc(N)c(C)c(S(=O)(=O)N[C@H](C)c2ccccc2)c1. The molecule has 2 aromatic rings. The summed E-state index contributed by atoms with van der Waals surface area (Å²) in [6, 6.07) is 12.6. The topological polar surface area (TPSA) is 72.2 Å². The van der Waals surface area contributed by atoms with Gasteiger partial charge in [0.25, 0.3) is 0 Å². The van der Waals surface area contributed by atoms with Crippen LogP contribution in [0.2, 0.25) is 0 Å². The molecule has 112 valence electrons. The molecule has 0 aromatic heterocycles.